The lowest BCUT2D eigenvalue weighted by Gasteiger charge is -2.16. The Hall–Kier alpha value is -1.92. The summed E-state index contributed by atoms with van der Waals surface area (Å²) in [5.41, 5.74) is 1.17. The number of rotatable bonds is 6. The summed E-state index contributed by atoms with van der Waals surface area (Å²) in [7, 11) is 4.66. The van der Waals surface area contributed by atoms with Crippen LogP contribution >= 0.6 is 27.5 Å². The fourth-order valence-corrected chi connectivity index (χ4v) is 2.79. The van der Waals surface area contributed by atoms with Crippen molar-refractivity contribution in [2.75, 3.05) is 21.3 Å². The molecule has 5 nitrogen and oxygen atoms in total. The van der Waals surface area contributed by atoms with Gasteiger partial charge in [0.2, 0.25) is 0 Å². The van der Waals surface area contributed by atoms with Crippen LogP contribution in [0.4, 0.5) is 0 Å². The number of benzene rings is 2. The SMILES string of the molecule is COc1cc(OC)c(CNC(=O)c2cc(Cl)ccc2Br)c(OC)c1. The molecule has 0 aromatic heterocycles. The molecule has 128 valence electrons. The Morgan fingerprint density at radius 1 is 1.08 bits per heavy atom. The van der Waals surface area contributed by atoms with E-state index in [2.05, 4.69) is 21.2 Å². The maximum absolute atomic E-state index is 12.4. The quantitative estimate of drug-likeness (QED) is 0.774. The monoisotopic (exact) mass is 413 g/mol. The van der Waals surface area contributed by atoms with Crippen molar-refractivity contribution in [1.82, 2.24) is 5.32 Å². The van der Waals surface area contributed by atoms with Gasteiger partial charge in [-0.3, -0.25) is 4.79 Å². The van der Waals surface area contributed by atoms with Gasteiger partial charge in [-0.25, -0.2) is 0 Å². The second kappa shape index (κ2) is 8.26. The second-order valence-electron chi connectivity index (χ2n) is 4.82. The zero-order valence-corrected chi connectivity index (χ0v) is 15.8. The predicted octanol–water partition coefficient (Wildman–Crippen LogP) is 4.06. The largest absolute Gasteiger partial charge is 0.496 e. The molecule has 0 bridgehead atoms. The Balaban J connectivity index is 2.25. The first kappa shape index (κ1) is 18.4. The number of halogens is 2. The molecule has 0 aliphatic heterocycles. The Kier molecular flexibility index (Phi) is 6.34. The van der Waals surface area contributed by atoms with Crippen LogP contribution in [0.25, 0.3) is 0 Å². The third-order valence-corrected chi connectivity index (χ3v) is 4.34. The molecule has 0 heterocycles. The van der Waals surface area contributed by atoms with E-state index in [-0.39, 0.29) is 12.5 Å². The smallest absolute Gasteiger partial charge is 0.252 e. The average Bonchev–Trinajstić information content (AvgIpc) is 2.60. The molecule has 0 unspecified atom stereocenters. The minimum atomic E-state index is -0.260. The van der Waals surface area contributed by atoms with Gasteiger partial charge in [-0.1, -0.05) is 11.6 Å². The van der Waals surface area contributed by atoms with Gasteiger partial charge in [0, 0.05) is 21.6 Å². The van der Waals surface area contributed by atoms with E-state index in [0.29, 0.717) is 37.9 Å². The van der Waals surface area contributed by atoms with Gasteiger partial charge >= 0.3 is 0 Å². The number of amides is 1. The van der Waals surface area contributed by atoms with Gasteiger partial charge < -0.3 is 19.5 Å². The second-order valence-corrected chi connectivity index (χ2v) is 6.11. The summed E-state index contributed by atoms with van der Waals surface area (Å²) < 4.78 is 16.6. The molecule has 0 saturated heterocycles. The molecule has 0 aliphatic carbocycles. The molecule has 0 saturated carbocycles. The van der Waals surface area contributed by atoms with Crippen molar-refractivity contribution in [1.29, 1.82) is 0 Å². The maximum atomic E-state index is 12.4. The number of carbonyl (C=O) groups excluding carboxylic acids is 1. The molecule has 24 heavy (non-hydrogen) atoms. The average molecular weight is 415 g/mol. The molecule has 0 aliphatic rings. The lowest BCUT2D eigenvalue weighted by molar-refractivity contribution is 0.0949. The zero-order valence-electron chi connectivity index (χ0n) is 13.5. The van der Waals surface area contributed by atoms with Crippen LogP contribution < -0.4 is 19.5 Å². The number of nitrogens with one attached hydrogen (secondary N) is 1. The molecule has 2 rings (SSSR count). The predicted molar refractivity (Wildman–Crippen MR) is 96.4 cm³/mol. The summed E-state index contributed by atoms with van der Waals surface area (Å²) in [6.45, 7) is 0.230. The summed E-state index contributed by atoms with van der Waals surface area (Å²) in [4.78, 5) is 12.4. The maximum Gasteiger partial charge on any atom is 0.252 e. The molecular formula is C17H17BrClNO4. The molecular weight excluding hydrogens is 398 g/mol. The van der Waals surface area contributed by atoms with E-state index in [4.69, 9.17) is 25.8 Å². The zero-order chi connectivity index (χ0) is 17.7. The van der Waals surface area contributed by atoms with Gasteiger partial charge in [-0.15, -0.1) is 0 Å². The van der Waals surface area contributed by atoms with Crippen molar-refractivity contribution >= 4 is 33.4 Å². The number of hydrogen-bond acceptors (Lipinski definition) is 4. The minimum absolute atomic E-state index is 0.230. The summed E-state index contributed by atoms with van der Waals surface area (Å²) in [6, 6.07) is 8.51. The molecule has 0 fully saturated rings. The Labute approximate surface area is 154 Å². The number of carbonyl (C=O) groups is 1. The standard InChI is InChI=1S/C17H17BrClNO4/c1-22-11-7-15(23-2)13(16(8-11)24-3)9-20-17(21)12-6-10(19)4-5-14(12)18/h4-8H,9H2,1-3H3,(H,20,21). The summed E-state index contributed by atoms with van der Waals surface area (Å²) in [5.74, 6) is 1.48. The summed E-state index contributed by atoms with van der Waals surface area (Å²) >= 11 is 9.30. The van der Waals surface area contributed by atoms with Crippen LogP contribution in [0.1, 0.15) is 15.9 Å². The van der Waals surface area contributed by atoms with E-state index < -0.39 is 0 Å². The Morgan fingerprint density at radius 3 is 2.25 bits per heavy atom. The van der Waals surface area contributed by atoms with Crippen molar-refractivity contribution in [3.63, 3.8) is 0 Å². The number of methoxy groups -OCH3 is 3. The first-order valence-electron chi connectivity index (χ1n) is 7.02. The summed E-state index contributed by atoms with van der Waals surface area (Å²) in [6.07, 6.45) is 0. The van der Waals surface area contributed by atoms with E-state index in [1.807, 2.05) is 0 Å². The highest BCUT2D eigenvalue weighted by Crippen LogP contribution is 2.34. The van der Waals surface area contributed by atoms with Crippen LogP contribution in [0.3, 0.4) is 0 Å². The van der Waals surface area contributed by atoms with E-state index in [1.165, 1.54) is 0 Å². The van der Waals surface area contributed by atoms with Crippen molar-refractivity contribution in [2.45, 2.75) is 6.54 Å². The fraction of sp³-hybridized carbons (Fsp3) is 0.235. The van der Waals surface area contributed by atoms with Crippen molar-refractivity contribution < 1.29 is 19.0 Å². The lowest BCUT2D eigenvalue weighted by atomic mass is 10.1. The highest BCUT2D eigenvalue weighted by atomic mass is 79.9. The van der Waals surface area contributed by atoms with Crippen LogP contribution in [0.5, 0.6) is 17.2 Å². The third kappa shape index (κ3) is 4.13. The molecule has 0 atom stereocenters. The van der Waals surface area contributed by atoms with Gasteiger partial charge in [0.1, 0.15) is 17.2 Å². The molecule has 1 N–H and O–H groups in total. The van der Waals surface area contributed by atoms with Gasteiger partial charge in [-0.2, -0.15) is 0 Å². The van der Waals surface area contributed by atoms with Crippen LogP contribution in [0.15, 0.2) is 34.8 Å². The van der Waals surface area contributed by atoms with E-state index in [9.17, 15) is 4.79 Å². The molecule has 0 spiro atoms. The summed E-state index contributed by atoms with van der Waals surface area (Å²) in [5, 5.41) is 3.33. The molecule has 1 amide bonds. The van der Waals surface area contributed by atoms with Gasteiger partial charge in [0.05, 0.1) is 39.0 Å². The van der Waals surface area contributed by atoms with Crippen LogP contribution in [0.2, 0.25) is 5.02 Å². The Bertz CT molecular complexity index is 726. The normalized spacial score (nSPS) is 10.2. The number of ether oxygens (including phenoxy) is 3. The van der Waals surface area contributed by atoms with Gasteiger partial charge in [-0.05, 0) is 34.1 Å². The topological polar surface area (TPSA) is 56.8 Å². The van der Waals surface area contributed by atoms with Crippen LogP contribution in [-0.2, 0) is 6.54 Å². The first-order valence-corrected chi connectivity index (χ1v) is 8.19. The molecule has 2 aromatic rings. The van der Waals surface area contributed by atoms with Crippen molar-refractivity contribution in [2.24, 2.45) is 0 Å². The highest BCUT2D eigenvalue weighted by molar-refractivity contribution is 9.10. The first-order chi connectivity index (χ1) is 11.5. The molecule has 2 aromatic carbocycles. The van der Waals surface area contributed by atoms with E-state index in [1.54, 1.807) is 51.7 Å². The van der Waals surface area contributed by atoms with Crippen molar-refractivity contribution in [3.8, 4) is 17.2 Å². The number of hydrogen-bond donors (Lipinski definition) is 1. The van der Waals surface area contributed by atoms with Crippen LogP contribution in [-0.4, -0.2) is 27.2 Å². The van der Waals surface area contributed by atoms with E-state index >= 15 is 0 Å². The third-order valence-electron chi connectivity index (χ3n) is 3.42. The van der Waals surface area contributed by atoms with Gasteiger partial charge in [0.15, 0.2) is 0 Å². The molecule has 0 radical (unpaired) electrons. The molecule has 7 heteroatoms. The highest BCUT2D eigenvalue weighted by Gasteiger charge is 2.16. The minimum Gasteiger partial charge on any atom is -0.496 e. The lowest BCUT2D eigenvalue weighted by Crippen LogP contribution is -2.23. The van der Waals surface area contributed by atoms with Crippen molar-refractivity contribution in [3.05, 3.63) is 51.0 Å². The van der Waals surface area contributed by atoms with Crippen LogP contribution in [0, 0.1) is 0 Å². The Morgan fingerprint density at radius 2 is 1.71 bits per heavy atom. The fourth-order valence-electron chi connectivity index (χ4n) is 2.19. The van der Waals surface area contributed by atoms with E-state index in [0.717, 1.165) is 0 Å². The van der Waals surface area contributed by atoms with Gasteiger partial charge in [0.25, 0.3) is 5.91 Å².